The SMILES string of the molecule is CC(=O)c1ccn(C(=O)N2CCC(Oc3ccc(Cl)cc3N3CCCC3)CC2)n1. The number of aromatic nitrogens is 2. The first-order valence-electron chi connectivity index (χ1n) is 10.1. The zero-order valence-corrected chi connectivity index (χ0v) is 17.3. The molecule has 2 aliphatic heterocycles. The van der Waals surface area contributed by atoms with E-state index in [9.17, 15) is 9.59 Å². The second-order valence-corrected chi connectivity index (χ2v) is 8.03. The minimum absolute atomic E-state index is 0.0481. The third kappa shape index (κ3) is 4.40. The van der Waals surface area contributed by atoms with Gasteiger partial charge in [-0.3, -0.25) is 4.79 Å². The number of benzene rings is 1. The number of rotatable bonds is 4. The van der Waals surface area contributed by atoms with E-state index in [2.05, 4.69) is 10.00 Å². The molecule has 7 nitrogen and oxygen atoms in total. The molecule has 29 heavy (non-hydrogen) atoms. The molecule has 0 atom stereocenters. The Morgan fingerprint density at radius 2 is 1.83 bits per heavy atom. The molecule has 1 aromatic heterocycles. The van der Waals surface area contributed by atoms with Gasteiger partial charge < -0.3 is 14.5 Å². The highest BCUT2D eigenvalue weighted by Crippen LogP contribution is 2.35. The van der Waals surface area contributed by atoms with Crippen LogP contribution in [0.5, 0.6) is 5.75 Å². The van der Waals surface area contributed by atoms with Gasteiger partial charge in [0, 0.05) is 57.2 Å². The third-order valence-electron chi connectivity index (χ3n) is 5.52. The van der Waals surface area contributed by atoms with E-state index in [0.29, 0.717) is 23.8 Å². The fourth-order valence-corrected chi connectivity index (χ4v) is 4.07. The van der Waals surface area contributed by atoms with Crippen LogP contribution in [0.2, 0.25) is 5.02 Å². The number of anilines is 1. The number of likely N-dealkylation sites (tertiary alicyclic amines) is 1. The second-order valence-electron chi connectivity index (χ2n) is 7.59. The second kappa shape index (κ2) is 8.45. The van der Waals surface area contributed by atoms with Crippen molar-refractivity contribution in [3.05, 3.63) is 41.2 Å². The maximum Gasteiger partial charge on any atom is 0.344 e. The lowest BCUT2D eigenvalue weighted by molar-refractivity contribution is 0.101. The van der Waals surface area contributed by atoms with Crippen molar-refractivity contribution in [3.63, 3.8) is 0 Å². The van der Waals surface area contributed by atoms with Gasteiger partial charge in [0.2, 0.25) is 0 Å². The molecule has 154 valence electrons. The number of carbonyl (C=O) groups is 2. The number of halogens is 1. The van der Waals surface area contributed by atoms with Crippen LogP contribution in [0.3, 0.4) is 0 Å². The number of piperidine rings is 1. The smallest absolute Gasteiger partial charge is 0.344 e. The minimum Gasteiger partial charge on any atom is -0.488 e. The molecule has 0 unspecified atom stereocenters. The first-order valence-corrected chi connectivity index (χ1v) is 10.5. The van der Waals surface area contributed by atoms with Crippen molar-refractivity contribution in [3.8, 4) is 5.75 Å². The molecule has 2 aromatic rings. The van der Waals surface area contributed by atoms with E-state index in [1.807, 2.05) is 18.2 Å². The number of nitrogens with zero attached hydrogens (tertiary/aromatic N) is 4. The van der Waals surface area contributed by atoms with Crippen molar-refractivity contribution in [1.29, 1.82) is 0 Å². The van der Waals surface area contributed by atoms with Crippen LogP contribution < -0.4 is 9.64 Å². The van der Waals surface area contributed by atoms with Gasteiger partial charge in [0.25, 0.3) is 0 Å². The van der Waals surface area contributed by atoms with Crippen molar-refractivity contribution >= 4 is 29.1 Å². The number of carbonyl (C=O) groups excluding carboxylic acids is 2. The summed E-state index contributed by atoms with van der Waals surface area (Å²) in [5.74, 6) is 0.708. The van der Waals surface area contributed by atoms with Crippen LogP contribution in [0.25, 0.3) is 0 Å². The van der Waals surface area contributed by atoms with Gasteiger partial charge in [0.05, 0.1) is 5.69 Å². The van der Waals surface area contributed by atoms with Crippen LogP contribution in [0, 0.1) is 0 Å². The van der Waals surface area contributed by atoms with Crippen LogP contribution in [0.15, 0.2) is 30.5 Å². The average Bonchev–Trinajstić information content (AvgIpc) is 3.42. The standard InChI is InChI=1S/C21H25ClN4O3/c1-15(27)18-8-13-26(23-18)21(28)25-11-6-17(7-12-25)29-20-5-4-16(22)14-19(20)24-9-2-3-10-24/h4-5,8,13-14,17H,2-3,6-7,9-12H2,1H3. The van der Waals surface area contributed by atoms with Crippen LogP contribution >= 0.6 is 11.6 Å². The minimum atomic E-state index is -0.208. The molecular formula is C21H25ClN4O3. The van der Waals surface area contributed by atoms with Gasteiger partial charge in [-0.25, -0.2) is 4.79 Å². The fourth-order valence-electron chi connectivity index (χ4n) is 3.90. The summed E-state index contributed by atoms with van der Waals surface area (Å²) in [6.45, 7) is 4.66. The van der Waals surface area contributed by atoms with E-state index < -0.39 is 0 Å². The lowest BCUT2D eigenvalue weighted by Crippen LogP contribution is -2.43. The first-order chi connectivity index (χ1) is 14.0. The van der Waals surface area contributed by atoms with E-state index in [-0.39, 0.29) is 17.9 Å². The van der Waals surface area contributed by atoms with Crippen molar-refractivity contribution in [2.75, 3.05) is 31.1 Å². The zero-order chi connectivity index (χ0) is 20.4. The lowest BCUT2D eigenvalue weighted by Gasteiger charge is -2.33. The Bertz CT molecular complexity index is 899. The van der Waals surface area contributed by atoms with Gasteiger partial charge in [0.1, 0.15) is 17.5 Å². The zero-order valence-electron chi connectivity index (χ0n) is 16.5. The van der Waals surface area contributed by atoms with Gasteiger partial charge in [-0.1, -0.05) is 11.6 Å². The molecule has 2 saturated heterocycles. The van der Waals surface area contributed by atoms with Crippen LogP contribution in [0.1, 0.15) is 43.1 Å². The van der Waals surface area contributed by atoms with Crippen molar-refractivity contribution in [2.45, 2.75) is 38.7 Å². The molecule has 3 heterocycles. The van der Waals surface area contributed by atoms with E-state index in [4.69, 9.17) is 16.3 Å². The third-order valence-corrected chi connectivity index (χ3v) is 5.75. The predicted octanol–water partition coefficient (Wildman–Crippen LogP) is 3.85. The molecule has 0 saturated carbocycles. The Balaban J connectivity index is 1.38. The molecule has 0 radical (unpaired) electrons. The lowest BCUT2D eigenvalue weighted by atomic mass is 10.1. The number of Topliss-reactive ketones (excluding diaryl/α,β-unsaturated/α-hetero) is 1. The van der Waals surface area contributed by atoms with E-state index in [0.717, 1.165) is 37.4 Å². The average molecular weight is 417 g/mol. The Morgan fingerprint density at radius 1 is 1.10 bits per heavy atom. The molecule has 0 bridgehead atoms. The van der Waals surface area contributed by atoms with Gasteiger partial charge in [0.15, 0.2) is 5.78 Å². The van der Waals surface area contributed by atoms with Crippen molar-refractivity contribution in [2.24, 2.45) is 0 Å². The van der Waals surface area contributed by atoms with Crippen LogP contribution in [-0.2, 0) is 0 Å². The summed E-state index contributed by atoms with van der Waals surface area (Å²) < 4.78 is 7.56. The summed E-state index contributed by atoms with van der Waals surface area (Å²) in [5.41, 5.74) is 1.36. The molecule has 1 aromatic carbocycles. The summed E-state index contributed by atoms with van der Waals surface area (Å²) in [6, 6.07) is 7.14. The number of ketones is 1. The Kier molecular flexibility index (Phi) is 5.76. The topological polar surface area (TPSA) is 67.7 Å². The van der Waals surface area contributed by atoms with Crippen molar-refractivity contribution in [1.82, 2.24) is 14.7 Å². The maximum absolute atomic E-state index is 12.6. The number of amides is 1. The Morgan fingerprint density at radius 3 is 2.48 bits per heavy atom. The highest BCUT2D eigenvalue weighted by molar-refractivity contribution is 6.30. The molecule has 0 aliphatic carbocycles. The summed E-state index contributed by atoms with van der Waals surface area (Å²) in [5, 5.41) is 4.77. The van der Waals surface area contributed by atoms with Gasteiger partial charge in [-0.05, 0) is 37.1 Å². The highest BCUT2D eigenvalue weighted by atomic mass is 35.5. The molecular weight excluding hydrogens is 392 g/mol. The number of hydrogen-bond donors (Lipinski definition) is 0. The van der Waals surface area contributed by atoms with Gasteiger partial charge in [-0.15, -0.1) is 0 Å². The Labute approximate surface area is 175 Å². The van der Waals surface area contributed by atoms with Crippen LogP contribution in [-0.4, -0.2) is 58.8 Å². The van der Waals surface area contributed by atoms with Crippen molar-refractivity contribution < 1.29 is 14.3 Å². The highest BCUT2D eigenvalue weighted by Gasteiger charge is 2.27. The molecule has 2 aliphatic rings. The quantitative estimate of drug-likeness (QED) is 0.708. The molecule has 0 N–H and O–H groups in total. The van der Waals surface area contributed by atoms with E-state index >= 15 is 0 Å². The summed E-state index contributed by atoms with van der Waals surface area (Å²) in [7, 11) is 0. The molecule has 0 spiro atoms. The van der Waals surface area contributed by atoms with E-state index in [1.54, 1.807) is 11.0 Å². The van der Waals surface area contributed by atoms with Crippen LogP contribution in [0.4, 0.5) is 10.5 Å². The fraction of sp³-hybridized carbons (Fsp3) is 0.476. The Hall–Kier alpha value is -2.54. The van der Waals surface area contributed by atoms with Gasteiger partial charge >= 0.3 is 6.03 Å². The monoisotopic (exact) mass is 416 g/mol. The maximum atomic E-state index is 12.6. The number of ether oxygens (including phenoxy) is 1. The largest absolute Gasteiger partial charge is 0.488 e. The predicted molar refractivity (Wildman–Crippen MR) is 111 cm³/mol. The summed E-state index contributed by atoms with van der Waals surface area (Å²) in [4.78, 5) is 28.1. The molecule has 2 fully saturated rings. The molecule has 8 heteroatoms. The summed E-state index contributed by atoms with van der Waals surface area (Å²) >= 11 is 6.22. The molecule has 1 amide bonds. The first kappa shape index (κ1) is 19.8. The van der Waals surface area contributed by atoms with E-state index in [1.165, 1.54) is 30.6 Å². The summed E-state index contributed by atoms with van der Waals surface area (Å²) in [6.07, 6.45) is 5.45. The number of hydrogen-bond acceptors (Lipinski definition) is 5. The molecule has 4 rings (SSSR count). The van der Waals surface area contributed by atoms with Gasteiger partial charge in [-0.2, -0.15) is 9.78 Å². The normalized spacial score (nSPS) is 17.6.